The predicted molar refractivity (Wildman–Crippen MR) is 112 cm³/mol. The third-order valence-corrected chi connectivity index (χ3v) is 4.89. The van der Waals surface area contributed by atoms with E-state index >= 15 is 0 Å². The minimum Gasteiger partial charge on any atom is -0.324 e. The van der Waals surface area contributed by atoms with Crippen LogP contribution in [0.3, 0.4) is 0 Å². The highest BCUT2D eigenvalue weighted by Gasteiger charge is 2.18. The molecule has 1 amide bonds. The maximum atomic E-state index is 13.1. The van der Waals surface area contributed by atoms with Crippen molar-refractivity contribution in [3.05, 3.63) is 78.5 Å². The van der Waals surface area contributed by atoms with Gasteiger partial charge in [-0.05, 0) is 43.3 Å². The van der Waals surface area contributed by atoms with Crippen LogP contribution in [-0.2, 0) is 11.3 Å². The summed E-state index contributed by atoms with van der Waals surface area (Å²) in [5, 5.41) is 13.5. The van der Waals surface area contributed by atoms with E-state index in [0.717, 1.165) is 27.7 Å². The van der Waals surface area contributed by atoms with Crippen molar-refractivity contribution in [2.75, 3.05) is 5.32 Å². The highest BCUT2D eigenvalue weighted by molar-refractivity contribution is 6.04. The van der Waals surface area contributed by atoms with E-state index in [1.807, 2.05) is 37.3 Å². The third kappa shape index (κ3) is 3.08. The molecule has 5 aromatic rings. The first-order valence-electron chi connectivity index (χ1n) is 9.41. The average molecular weight is 400 g/mol. The summed E-state index contributed by atoms with van der Waals surface area (Å²) in [7, 11) is 0. The molecule has 5 rings (SSSR count). The molecular weight excluding hydrogens is 383 g/mol. The quantitative estimate of drug-likeness (QED) is 0.497. The van der Waals surface area contributed by atoms with Crippen molar-refractivity contribution < 1.29 is 9.18 Å². The number of fused-ring (bicyclic) bond motifs is 3. The Morgan fingerprint density at radius 3 is 2.60 bits per heavy atom. The van der Waals surface area contributed by atoms with Crippen molar-refractivity contribution in [1.82, 2.24) is 24.5 Å². The number of hydrogen-bond donors (Lipinski definition) is 1. The lowest BCUT2D eigenvalue weighted by atomic mass is 10.2. The van der Waals surface area contributed by atoms with Gasteiger partial charge in [0.05, 0.1) is 28.5 Å². The van der Waals surface area contributed by atoms with Crippen molar-refractivity contribution in [3.8, 4) is 5.69 Å². The molecule has 0 atom stereocenters. The van der Waals surface area contributed by atoms with Gasteiger partial charge in [0.25, 0.3) is 0 Å². The molecule has 7 nitrogen and oxygen atoms in total. The molecular formula is C22H17FN6O. The molecule has 0 saturated carbocycles. The van der Waals surface area contributed by atoms with Crippen LogP contribution in [0, 0.1) is 12.7 Å². The fourth-order valence-electron chi connectivity index (χ4n) is 3.55. The van der Waals surface area contributed by atoms with Crippen LogP contribution in [-0.4, -0.2) is 30.5 Å². The number of pyridine rings is 1. The first-order chi connectivity index (χ1) is 14.6. The monoisotopic (exact) mass is 400 g/mol. The van der Waals surface area contributed by atoms with Gasteiger partial charge in [0.1, 0.15) is 12.4 Å². The highest BCUT2D eigenvalue weighted by atomic mass is 19.1. The Kier molecular flexibility index (Phi) is 4.24. The smallest absolute Gasteiger partial charge is 0.246 e. The van der Waals surface area contributed by atoms with Crippen molar-refractivity contribution >= 4 is 33.5 Å². The summed E-state index contributed by atoms with van der Waals surface area (Å²) in [6.45, 7) is 1.93. The van der Waals surface area contributed by atoms with Gasteiger partial charge in [-0.3, -0.25) is 9.48 Å². The number of halogens is 1. The van der Waals surface area contributed by atoms with Crippen LogP contribution in [0.25, 0.3) is 27.6 Å². The lowest BCUT2D eigenvalue weighted by Gasteiger charge is -2.07. The first-order valence-corrected chi connectivity index (χ1v) is 9.41. The molecule has 30 heavy (non-hydrogen) atoms. The second-order valence-corrected chi connectivity index (χ2v) is 6.95. The third-order valence-electron chi connectivity index (χ3n) is 4.89. The number of rotatable bonds is 4. The summed E-state index contributed by atoms with van der Waals surface area (Å²) in [6, 6.07) is 15.4. The van der Waals surface area contributed by atoms with Gasteiger partial charge in [0, 0.05) is 17.3 Å². The molecule has 3 heterocycles. The average Bonchev–Trinajstić information content (AvgIpc) is 3.31. The number of carbonyl (C=O) groups excluding carboxylic acids is 1. The Balaban J connectivity index is 1.55. The number of aryl methyl sites for hydroxylation is 1. The number of para-hydroxylation sites is 1. The summed E-state index contributed by atoms with van der Waals surface area (Å²) >= 11 is 0. The number of anilines is 1. The van der Waals surface area contributed by atoms with Crippen molar-refractivity contribution in [2.24, 2.45) is 0 Å². The van der Waals surface area contributed by atoms with Crippen LogP contribution in [0.4, 0.5) is 10.1 Å². The van der Waals surface area contributed by atoms with Crippen molar-refractivity contribution in [2.45, 2.75) is 13.5 Å². The number of amides is 1. The fourth-order valence-corrected chi connectivity index (χ4v) is 3.55. The number of benzene rings is 2. The SMILES string of the molecule is Cc1nn(-c2ccccc2)c2ncc3cnn(CC(=O)Nc4ccc(F)cc4)c3c12. The van der Waals surface area contributed by atoms with Crippen LogP contribution in [0.1, 0.15) is 5.69 Å². The van der Waals surface area contributed by atoms with E-state index < -0.39 is 0 Å². The van der Waals surface area contributed by atoms with Crippen LogP contribution in [0.2, 0.25) is 0 Å². The maximum absolute atomic E-state index is 13.1. The molecule has 0 saturated heterocycles. The predicted octanol–water partition coefficient (Wildman–Crippen LogP) is 3.86. The van der Waals surface area contributed by atoms with E-state index in [2.05, 4.69) is 20.5 Å². The second kappa shape index (κ2) is 7.07. The van der Waals surface area contributed by atoms with E-state index in [4.69, 9.17) is 0 Å². The van der Waals surface area contributed by atoms with Gasteiger partial charge in [0.2, 0.25) is 5.91 Å². The highest BCUT2D eigenvalue weighted by Crippen LogP contribution is 2.28. The van der Waals surface area contributed by atoms with Crippen molar-refractivity contribution in [1.29, 1.82) is 0 Å². The van der Waals surface area contributed by atoms with Gasteiger partial charge in [-0.25, -0.2) is 14.1 Å². The molecule has 0 fully saturated rings. The lowest BCUT2D eigenvalue weighted by molar-refractivity contribution is -0.116. The number of nitrogens with zero attached hydrogens (tertiary/aromatic N) is 5. The van der Waals surface area contributed by atoms with Crippen molar-refractivity contribution in [3.63, 3.8) is 0 Å². The number of nitrogens with one attached hydrogen (secondary N) is 1. The largest absolute Gasteiger partial charge is 0.324 e. The molecule has 2 aromatic carbocycles. The zero-order valence-electron chi connectivity index (χ0n) is 16.1. The molecule has 0 aliphatic rings. The Morgan fingerprint density at radius 1 is 1.07 bits per heavy atom. The molecule has 0 spiro atoms. The van der Waals surface area contributed by atoms with Crippen LogP contribution >= 0.6 is 0 Å². The number of hydrogen-bond acceptors (Lipinski definition) is 4. The van der Waals surface area contributed by atoms with E-state index in [1.54, 1.807) is 21.8 Å². The van der Waals surface area contributed by atoms with E-state index in [9.17, 15) is 9.18 Å². The Bertz CT molecular complexity index is 1370. The summed E-state index contributed by atoms with van der Waals surface area (Å²) in [4.78, 5) is 17.1. The van der Waals surface area contributed by atoms with Gasteiger partial charge >= 0.3 is 0 Å². The molecule has 0 unspecified atom stereocenters. The zero-order chi connectivity index (χ0) is 20.7. The minimum atomic E-state index is -0.355. The molecule has 0 aliphatic carbocycles. The summed E-state index contributed by atoms with van der Waals surface area (Å²) < 4.78 is 16.5. The summed E-state index contributed by atoms with van der Waals surface area (Å²) in [6.07, 6.45) is 3.42. The molecule has 1 N–H and O–H groups in total. The standard InChI is InChI=1S/C22H17FN6O/c1-14-20-21-15(11-24-22(20)29(27-14)18-5-3-2-4-6-18)12-25-28(21)13-19(30)26-17-9-7-16(23)8-10-17/h2-12H,13H2,1H3,(H,26,30). The van der Waals surface area contributed by atoms with Crippen LogP contribution in [0.15, 0.2) is 67.0 Å². The van der Waals surface area contributed by atoms with Gasteiger partial charge in [0.15, 0.2) is 5.65 Å². The fraction of sp³-hybridized carbons (Fsp3) is 0.0909. The lowest BCUT2D eigenvalue weighted by Crippen LogP contribution is -2.19. The van der Waals surface area contributed by atoms with E-state index in [1.165, 1.54) is 24.3 Å². The summed E-state index contributed by atoms with van der Waals surface area (Å²) in [5.74, 6) is -0.614. The van der Waals surface area contributed by atoms with Gasteiger partial charge < -0.3 is 5.32 Å². The topological polar surface area (TPSA) is 77.6 Å². The first kappa shape index (κ1) is 18.0. The van der Waals surface area contributed by atoms with E-state index in [0.29, 0.717) is 11.3 Å². The van der Waals surface area contributed by atoms with Crippen LogP contribution in [0.5, 0.6) is 0 Å². The maximum Gasteiger partial charge on any atom is 0.246 e. The Hall–Kier alpha value is -4.07. The molecule has 0 aliphatic heterocycles. The zero-order valence-corrected chi connectivity index (χ0v) is 16.1. The van der Waals surface area contributed by atoms with E-state index in [-0.39, 0.29) is 18.3 Å². The Labute approximate surface area is 170 Å². The molecule has 8 heteroatoms. The van der Waals surface area contributed by atoms with Gasteiger partial charge in [-0.15, -0.1) is 0 Å². The van der Waals surface area contributed by atoms with Gasteiger partial charge in [-0.2, -0.15) is 10.2 Å². The second-order valence-electron chi connectivity index (χ2n) is 6.95. The molecule has 0 radical (unpaired) electrons. The molecule has 0 bridgehead atoms. The molecule has 3 aromatic heterocycles. The Morgan fingerprint density at radius 2 is 1.83 bits per heavy atom. The molecule has 148 valence electrons. The normalized spacial score (nSPS) is 11.3. The number of carbonyl (C=O) groups is 1. The van der Waals surface area contributed by atoms with Crippen LogP contribution < -0.4 is 5.32 Å². The van der Waals surface area contributed by atoms with Gasteiger partial charge in [-0.1, -0.05) is 18.2 Å². The minimum absolute atomic E-state index is 0.00987. The summed E-state index contributed by atoms with van der Waals surface area (Å²) in [5.41, 5.74) is 3.73. The number of aromatic nitrogens is 5.